The average molecular weight is 482 g/mol. The molecule has 1 fully saturated rings. The number of benzene rings is 2. The summed E-state index contributed by atoms with van der Waals surface area (Å²) in [4.78, 5) is 29.3. The van der Waals surface area contributed by atoms with E-state index in [0.717, 1.165) is 48.4 Å². The zero-order valence-corrected chi connectivity index (χ0v) is 20.4. The molecule has 0 atom stereocenters. The molecule has 8 heteroatoms. The predicted octanol–water partition coefficient (Wildman–Crippen LogP) is 3.37. The Balaban J connectivity index is 1.26. The van der Waals surface area contributed by atoms with Crippen molar-refractivity contribution in [1.29, 1.82) is 0 Å². The molecular formula is C26H31N3O4S. The minimum Gasteiger partial charge on any atom is -0.343 e. The number of likely N-dealkylation sites (tertiary alicyclic amines) is 1. The van der Waals surface area contributed by atoms with Crippen LogP contribution in [-0.2, 0) is 32.5 Å². The van der Waals surface area contributed by atoms with E-state index in [1.54, 1.807) is 23.1 Å². The first-order valence-electron chi connectivity index (χ1n) is 12.2. The molecule has 0 radical (unpaired) electrons. The molecule has 0 aromatic heterocycles. The number of piperidine rings is 1. The molecule has 2 aromatic rings. The largest absolute Gasteiger partial charge is 0.343 e. The van der Waals surface area contributed by atoms with Gasteiger partial charge in [0.15, 0.2) is 0 Å². The molecule has 0 saturated carbocycles. The Labute approximate surface area is 201 Å². The third-order valence-corrected chi connectivity index (χ3v) is 9.18. The van der Waals surface area contributed by atoms with E-state index in [9.17, 15) is 18.0 Å². The summed E-state index contributed by atoms with van der Waals surface area (Å²) in [5, 5.41) is 0. The van der Waals surface area contributed by atoms with Crippen molar-refractivity contribution in [2.45, 2.75) is 50.3 Å². The molecule has 34 heavy (non-hydrogen) atoms. The SMILES string of the molecule is CC1CCN(C(=O)CCC(=O)N2CCc3cc(S(=O)(=O)N4CCc5ccccc54)ccc32)CC1. The van der Waals surface area contributed by atoms with Crippen molar-refractivity contribution in [3.8, 4) is 0 Å². The molecular weight excluding hydrogens is 450 g/mol. The number of carbonyl (C=O) groups excluding carboxylic acids is 2. The zero-order valence-electron chi connectivity index (χ0n) is 19.6. The van der Waals surface area contributed by atoms with Gasteiger partial charge in [0.05, 0.1) is 10.6 Å². The van der Waals surface area contributed by atoms with Gasteiger partial charge in [-0.1, -0.05) is 25.1 Å². The van der Waals surface area contributed by atoms with Crippen molar-refractivity contribution in [2.24, 2.45) is 5.92 Å². The molecule has 0 spiro atoms. The summed E-state index contributed by atoms with van der Waals surface area (Å²) in [6, 6.07) is 12.6. The molecule has 0 bridgehead atoms. The van der Waals surface area contributed by atoms with Gasteiger partial charge >= 0.3 is 0 Å². The normalized spacial score (nSPS) is 18.2. The zero-order chi connectivity index (χ0) is 23.9. The second-order valence-corrected chi connectivity index (χ2v) is 11.5. The van der Waals surface area contributed by atoms with Crippen LogP contribution in [0, 0.1) is 5.92 Å². The number of anilines is 2. The van der Waals surface area contributed by atoms with Crippen LogP contribution in [0.5, 0.6) is 0 Å². The van der Waals surface area contributed by atoms with E-state index in [-0.39, 0.29) is 29.6 Å². The standard InChI is InChI=1S/C26H31N3O4S/c1-19-10-14-27(15-11-19)25(30)8-9-26(31)28-16-12-21-18-22(6-7-23(21)28)34(32,33)29-17-13-20-4-2-3-5-24(20)29/h2-7,18-19H,8-17H2,1H3. The summed E-state index contributed by atoms with van der Waals surface area (Å²) in [5.74, 6) is 0.620. The fourth-order valence-corrected chi connectivity index (χ4v) is 6.80. The molecule has 0 aliphatic carbocycles. The van der Waals surface area contributed by atoms with Crippen molar-refractivity contribution in [3.63, 3.8) is 0 Å². The van der Waals surface area contributed by atoms with E-state index in [0.29, 0.717) is 31.8 Å². The minimum atomic E-state index is -3.67. The quantitative estimate of drug-likeness (QED) is 0.656. The highest BCUT2D eigenvalue weighted by atomic mass is 32.2. The molecule has 5 rings (SSSR count). The van der Waals surface area contributed by atoms with Gasteiger partial charge in [-0.25, -0.2) is 8.42 Å². The van der Waals surface area contributed by atoms with E-state index in [1.807, 2.05) is 29.2 Å². The summed E-state index contributed by atoms with van der Waals surface area (Å²) >= 11 is 0. The van der Waals surface area contributed by atoms with Gasteiger partial charge in [0.1, 0.15) is 0 Å². The number of hydrogen-bond acceptors (Lipinski definition) is 4. The van der Waals surface area contributed by atoms with Gasteiger partial charge in [-0.15, -0.1) is 0 Å². The van der Waals surface area contributed by atoms with Crippen LogP contribution in [0.15, 0.2) is 47.4 Å². The van der Waals surface area contributed by atoms with E-state index in [4.69, 9.17) is 0 Å². The van der Waals surface area contributed by atoms with Gasteiger partial charge in [0.2, 0.25) is 11.8 Å². The molecule has 7 nitrogen and oxygen atoms in total. The Kier molecular flexibility index (Phi) is 6.10. The molecule has 2 aromatic carbocycles. The highest BCUT2D eigenvalue weighted by Gasteiger charge is 2.33. The Bertz CT molecular complexity index is 1220. The van der Waals surface area contributed by atoms with E-state index in [1.165, 1.54) is 4.31 Å². The van der Waals surface area contributed by atoms with Crippen LogP contribution in [0.2, 0.25) is 0 Å². The number of amides is 2. The first-order valence-corrected chi connectivity index (χ1v) is 13.6. The minimum absolute atomic E-state index is 0.0482. The molecule has 180 valence electrons. The van der Waals surface area contributed by atoms with Crippen LogP contribution in [0.1, 0.15) is 43.7 Å². The molecule has 0 unspecified atom stereocenters. The van der Waals surface area contributed by atoms with Crippen molar-refractivity contribution >= 4 is 33.2 Å². The average Bonchev–Trinajstić information content (AvgIpc) is 3.47. The number of nitrogens with zero attached hydrogens (tertiary/aromatic N) is 3. The molecule has 1 saturated heterocycles. The number of hydrogen-bond donors (Lipinski definition) is 0. The van der Waals surface area contributed by atoms with Crippen LogP contribution in [0.4, 0.5) is 11.4 Å². The van der Waals surface area contributed by atoms with Crippen LogP contribution in [0.25, 0.3) is 0 Å². The Morgan fingerprint density at radius 1 is 0.853 bits per heavy atom. The Hall–Kier alpha value is -2.87. The number of fused-ring (bicyclic) bond motifs is 2. The van der Waals surface area contributed by atoms with Crippen LogP contribution in [-0.4, -0.2) is 51.3 Å². The summed E-state index contributed by atoms with van der Waals surface area (Å²) in [6.45, 7) is 4.71. The Morgan fingerprint density at radius 2 is 1.56 bits per heavy atom. The monoisotopic (exact) mass is 481 g/mol. The molecule has 3 aliphatic heterocycles. The van der Waals surface area contributed by atoms with E-state index >= 15 is 0 Å². The maximum Gasteiger partial charge on any atom is 0.264 e. The lowest BCUT2D eigenvalue weighted by Crippen LogP contribution is -2.38. The fourth-order valence-electron chi connectivity index (χ4n) is 5.25. The number of sulfonamides is 1. The van der Waals surface area contributed by atoms with Gasteiger partial charge in [0, 0.05) is 44.7 Å². The third-order valence-electron chi connectivity index (χ3n) is 7.37. The smallest absolute Gasteiger partial charge is 0.264 e. The van der Waals surface area contributed by atoms with Crippen LogP contribution in [0.3, 0.4) is 0 Å². The van der Waals surface area contributed by atoms with E-state index < -0.39 is 10.0 Å². The molecule has 2 amide bonds. The summed E-state index contributed by atoms with van der Waals surface area (Å²) in [5.41, 5.74) is 3.40. The third kappa shape index (κ3) is 4.19. The maximum atomic E-state index is 13.4. The maximum absolute atomic E-state index is 13.4. The summed E-state index contributed by atoms with van der Waals surface area (Å²) in [6.07, 6.45) is 3.76. The molecule has 3 aliphatic rings. The van der Waals surface area contributed by atoms with Crippen LogP contribution < -0.4 is 9.21 Å². The second kappa shape index (κ2) is 9.06. The Morgan fingerprint density at radius 3 is 2.35 bits per heavy atom. The lowest BCUT2D eigenvalue weighted by molar-refractivity contribution is -0.134. The molecule has 3 heterocycles. The fraction of sp³-hybridized carbons (Fsp3) is 0.462. The van der Waals surface area contributed by atoms with Crippen molar-refractivity contribution < 1.29 is 18.0 Å². The van der Waals surface area contributed by atoms with Gasteiger partial charge in [0.25, 0.3) is 10.0 Å². The van der Waals surface area contributed by atoms with Gasteiger partial charge in [-0.05, 0) is 67.0 Å². The van der Waals surface area contributed by atoms with Crippen molar-refractivity contribution in [3.05, 3.63) is 53.6 Å². The second-order valence-electron chi connectivity index (χ2n) is 9.61. The number of carbonyl (C=O) groups is 2. The highest BCUT2D eigenvalue weighted by Crippen LogP contribution is 2.36. The molecule has 0 N–H and O–H groups in total. The predicted molar refractivity (Wildman–Crippen MR) is 131 cm³/mol. The lowest BCUT2D eigenvalue weighted by atomic mass is 9.99. The van der Waals surface area contributed by atoms with Crippen molar-refractivity contribution in [2.75, 3.05) is 35.4 Å². The van der Waals surface area contributed by atoms with Gasteiger partial charge < -0.3 is 9.80 Å². The van der Waals surface area contributed by atoms with Crippen LogP contribution >= 0.6 is 0 Å². The highest BCUT2D eigenvalue weighted by molar-refractivity contribution is 7.92. The lowest BCUT2D eigenvalue weighted by Gasteiger charge is -2.30. The first-order chi connectivity index (χ1) is 16.3. The first kappa shape index (κ1) is 22.9. The summed E-state index contributed by atoms with van der Waals surface area (Å²) < 4.78 is 28.2. The number of rotatable bonds is 5. The topological polar surface area (TPSA) is 78.0 Å². The van der Waals surface area contributed by atoms with Gasteiger partial charge in [-0.2, -0.15) is 0 Å². The van der Waals surface area contributed by atoms with Crippen molar-refractivity contribution in [1.82, 2.24) is 4.90 Å². The summed E-state index contributed by atoms with van der Waals surface area (Å²) in [7, 11) is -3.67. The number of para-hydroxylation sites is 1. The van der Waals surface area contributed by atoms with E-state index in [2.05, 4.69) is 6.92 Å². The van der Waals surface area contributed by atoms with Gasteiger partial charge in [-0.3, -0.25) is 13.9 Å².